The van der Waals surface area contributed by atoms with Gasteiger partial charge in [-0.1, -0.05) is 36.4 Å². The van der Waals surface area contributed by atoms with E-state index in [4.69, 9.17) is 0 Å². The molecule has 5 rings (SSSR count). The van der Waals surface area contributed by atoms with Crippen LogP contribution in [0.25, 0.3) is 15.9 Å². The molecule has 30 heavy (non-hydrogen) atoms. The second-order valence-corrected chi connectivity index (χ2v) is 8.36. The summed E-state index contributed by atoms with van der Waals surface area (Å²) < 4.78 is 1.69. The molecule has 150 valence electrons. The number of carbonyl (C=O) groups is 1. The van der Waals surface area contributed by atoms with Crippen molar-refractivity contribution in [3.05, 3.63) is 88.0 Å². The number of likely N-dealkylation sites (tertiary alicyclic amines) is 1. The Hall–Kier alpha value is -3.38. The molecule has 2 aromatic carbocycles. The van der Waals surface area contributed by atoms with Crippen LogP contribution in [-0.4, -0.2) is 28.5 Å². The molecule has 1 fully saturated rings. The number of rotatable bonds is 4. The van der Waals surface area contributed by atoms with Crippen LogP contribution in [0.5, 0.6) is 0 Å². The second kappa shape index (κ2) is 7.80. The average Bonchev–Trinajstić information content (AvgIpc) is 3.43. The maximum absolute atomic E-state index is 13.4. The molecule has 1 aliphatic rings. The number of para-hydroxylation sites is 2. The van der Waals surface area contributed by atoms with Crippen LogP contribution in [-0.2, 0) is 0 Å². The van der Waals surface area contributed by atoms with Crippen LogP contribution in [0.4, 0.5) is 11.4 Å². The van der Waals surface area contributed by atoms with Gasteiger partial charge in [0, 0.05) is 30.2 Å². The van der Waals surface area contributed by atoms with Gasteiger partial charge in [-0.05, 0) is 43.2 Å². The lowest BCUT2D eigenvalue weighted by Crippen LogP contribution is -2.27. The van der Waals surface area contributed by atoms with Gasteiger partial charge < -0.3 is 10.2 Å². The fourth-order valence-corrected chi connectivity index (χ4v) is 5.15. The molecule has 0 unspecified atom stereocenters. The van der Waals surface area contributed by atoms with Gasteiger partial charge in [0.25, 0.3) is 11.5 Å². The second-order valence-electron chi connectivity index (χ2n) is 7.36. The molecule has 3 heterocycles. The van der Waals surface area contributed by atoms with E-state index in [2.05, 4.69) is 5.32 Å². The molecule has 0 saturated carbocycles. The number of nitrogens with zero attached hydrogens (tertiary/aromatic N) is 2. The normalized spacial score (nSPS) is 13.7. The number of thiophene rings is 1. The van der Waals surface area contributed by atoms with E-state index in [1.165, 1.54) is 11.3 Å². The largest absolute Gasteiger partial charge is 0.354 e. The van der Waals surface area contributed by atoms with Gasteiger partial charge in [-0.25, -0.2) is 0 Å². The Morgan fingerprint density at radius 2 is 1.53 bits per heavy atom. The van der Waals surface area contributed by atoms with Crippen molar-refractivity contribution in [3.63, 3.8) is 0 Å². The number of hydrogen-bond acceptors (Lipinski definition) is 4. The molecule has 1 saturated heterocycles. The minimum absolute atomic E-state index is 0.0270. The maximum atomic E-state index is 13.4. The standard InChI is InChI=1S/C24H21N3O2S/c28-20-14-13-19-21(25-17-9-3-1-4-10-17)22(23(29)26-15-7-8-16-26)30-24(19)27(20)18-11-5-2-6-12-18/h1-6,9-14,25H,7-8,15-16H2. The topological polar surface area (TPSA) is 54.3 Å². The monoisotopic (exact) mass is 415 g/mol. The van der Waals surface area contributed by atoms with Gasteiger partial charge in [0.1, 0.15) is 9.71 Å². The molecule has 0 spiro atoms. The van der Waals surface area contributed by atoms with E-state index in [0.29, 0.717) is 4.88 Å². The van der Waals surface area contributed by atoms with E-state index in [1.54, 1.807) is 10.6 Å². The van der Waals surface area contributed by atoms with E-state index in [9.17, 15) is 9.59 Å². The first kappa shape index (κ1) is 18.6. The Kier molecular flexibility index (Phi) is 4.85. The first-order valence-corrected chi connectivity index (χ1v) is 10.9. The number of anilines is 2. The molecule has 1 aliphatic heterocycles. The molecule has 5 nitrogen and oxygen atoms in total. The number of fused-ring (bicyclic) bond motifs is 1. The van der Waals surface area contributed by atoms with Crippen LogP contribution in [0.15, 0.2) is 77.6 Å². The van der Waals surface area contributed by atoms with Gasteiger partial charge in [0.15, 0.2) is 0 Å². The van der Waals surface area contributed by atoms with Crippen LogP contribution in [0.1, 0.15) is 22.5 Å². The molecular formula is C24H21N3O2S. The van der Waals surface area contributed by atoms with Crippen LogP contribution in [0, 0.1) is 0 Å². The number of benzene rings is 2. The highest BCUT2D eigenvalue weighted by Gasteiger charge is 2.27. The first-order valence-electron chi connectivity index (χ1n) is 10.1. The van der Waals surface area contributed by atoms with Crippen molar-refractivity contribution in [2.24, 2.45) is 0 Å². The molecule has 0 atom stereocenters. The van der Waals surface area contributed by atoms with Crippen molar-refractivity contribution in [2.75, 3.05) is 18.4 Å². The summed E-state index contributed by atoms with van der Waals surface area (Å²) >= 11 is 1.38. The van der Waals surface area contributed by atoms with E-state index in [-0.39, 0.29) is 11.5 Å². The van der Waals surface area contributed by atoms with E-state index < -0.39 is 0 Å². The Bertz CT molecular complexity index is 1260. The summed E-state index contributed by atoms with van der Waals surface area (Å²) in [5, 5.41) is 4.32. The lowest BCUT2D eigenvalue weighted by molar-refractivity contribution is 0.0798. The summed E-state index contributed by atoms with van der Waals surface area (Å²) in [5.41, 5.74) is 2.36. The Balaban J connectivity index is 1.73. The minimum atomic E-state index is -0.110. The number of pyridine rings is 1. The van der Waals surface area contributed by atoms with E-state index in [1.807, 2.05) is 71.6 Å². The van der Waals surface area contributed by atoms with Gasteiger partial charge in [-0.2, -0.15) is 0 Å². The van der Waals surface area contributed by atoms with Gasteiger partial charge >= 0.3 is 0 Å². The maximum Gasteiger partial charge on any atom is 0.266 e. The fourth-order valence-electron chi connectivity index (χ4n) is 3.91. The summed E-state index contributed by atoms with van der Waals surface area (Å²) in [6.45, 7) is 1.56. The predicted octanol–water partition coefficient (Wildman–Crippen LogP) is 5.03. The molecule has 0 radical (unpaired) electrons. The first-order chi connectivity index (χ1) is 14.7. The van der Waals surface area contributed by atoms with Crippen molar-refractivity contribution in [1.29, 1.82) is 0 Å². The third kappa shape index (κ3) is 3.29. The molecule has 6 heteroatoms. The van der Waals surface area contributed by atoms with Crippen molar-refractivity contribution in [1.82, 2.24) is 9.47 Å². The highest BCUT2D eigenvalue weighted by molar-refractivity contribution is 7.21. The van der Waals surface area contributed by atoms with Gasteiger partial charge in [0.2, 0.25) is 0 Å². The zero-order chi connectivity index (χ0) is 20.5. The summed E-state index contributed by atoms with van der Waals surface area (Å²) in [4.78, 5) is 29.5. The summed E-state index contributed by atoms with van der Waals surface area (Å²) in [6, 6.07) is 22.8. The lowest BCUT2D eigenvalue weighted by Gasteiger charge is -2.16. The molecular weight excluding hydrogens is 394 g/mol. The van der Waals surface area contributed by atoms with E-state index >= 15 is 0 Å². The Morgan fingerprint density at radius 1 is 0.867 bits per heavy atom. The third-order valence-corrected chi connectivity index (χ3v) is 6.57. The fraction of sp³-hybridized carbons (Fsp3) is 0.167. The highest BCUT2D eigenvalue weighted by atomic mass is 32.1. The van der Waals surface area contributed by atoms with Crippen molar-refractivity contribution < 1.29 is 4.79 Å². The lowest BCUT2D eigenvalue weighted by atomic mass is 10.2. The number of amides is 1. The smallest absolute Gasteiger partial charge is 0.266 e. The Morgan fingerprint density at radius 3 is 2.23 bits per heavy atom. The number of nitrogens with one attached hydrogen (secondary N) is 1. The predicted molar refractivity (Wildman–Crippen MR) is 122 cm³/mol. The number of hydrogen-bond donors (Lipinski definition) is 1. The van der Waals surface area contributed by atoms with E-state index in [0.717, 1.165) is 53.2 Å². The molecule has 0 aliphatic carbocycles. The van der Waals surface area contributed by atoms with Crippen molar-refractivity contribution >= 4 is 38.8 Å². The number of carbonyl (C=O) groups excluding carboxylic acids is 1. The SMILES string of the molecule is O=C(c1sc2c(ccc(=O)n2-c2ccccc2)c1Nc1ccccc1)N1CCCC1. The quantitative estimate of drug-likeness (QED) is 0.508. The average molecular weight is 416 g/mol. The van der Waals surface area contributed by atoms with Crippen LogP contribution >= 0.6 is 11.3 Å². The summed E-state index contributed by atoms with van der Waals surface area (Å²) in [6.07, 6.45) is 2.07. The molecule has 4 aromatic rings. The zero-order valence-corrected chi connectivity index (χ0v) is 17.2. The third-order valence-electron chi connectivity index (χ3n) is 5.39. The van der Waals surface area contributed by atoms with Gasteiger partial charge in [0.05, 0.1) is 11.4 Å². The summed E-state index contributed by atoms with van der Waals surface area (Å²) in [5.74, 6) is 0.0270. The van der Waals surface area contributed by atoms with Crippen LogP contribution in [0.3, 0.4) is 0 Å². The van der Waals surface area contributed by atoms with Gasteiger partial charge in [-0.3, -0.25) is 14.2 Å². The summed E-state index contributed by atoms with van der Waals surface area (Å²) in [7, 11) is 0. The zero-order valence-electron chi connectivity index (χ0n) is 16.4. The van der Waals surface area contributed by atoms with Gasteiger partial charge in [-0.15, -0.1) is 11.3 Å². The van der Waals surface area contributed by atoms with Crippen LogP contribution < -0.4 is 10.9 Å². The highest BCUT2D eigenvalue weighted by Crippen LogP contribution is 2.39. The Labute approximate surface area is 178 Å². The molecule has 2 aromatic heterocycles. The minimum Gasteiger partial charge on any atom is -0.354 e. The number of aromatic nitrogens is 1. The molecule has 0 bridgehead atoms. The molecule has 1 N–H and O–H groups in total. The molecule has 1 amide bonds. The van der Waals surface area contributed by atoms with Crippen LogP contribution in [0.2, 0.25) is 0 Å². The van der Waals surface area contributed by atoms with Crippen molar-refractivity contribution in [3.8, 4) is 5.69 Å². The van der Waals surface area contributed by atoms with Crippen molar-refractivity contribution in [2.45, 2.75) is 12.8 Å².